The van der Waals surface area contributed by atoms with Crippen LogP contribution in [-0.4, -0.2) is 28.9 Å². The van der Waals surface area contributed by atoms with E-state index in [0.717, 1.165) is 51.3 Å². The first-order valence-electron chi connectivity index (χ1n) is 10.8. The molecule has 6 nitrogen and oxygen atoms in total. The molecule has 2 heterocycles. The van der Waals surface area contributed by atoms with Crippen molar-refractivity contribution in [3.8, 4) is 5.75 Å². The largest absolute Gasteiger partial charge is 0.496 e. The fourth-order valence-electron chi connectivity index (χ4n) is 4.11. The summed E-state index contributed by atoms with van der Waals surface area (Å²) < 4.78 is 5.76. The molecule has 7 heteroatoms. The first-order chi connectivity index (χ1) is 15.7. The van der Waals surface area contributed by atoms with Crippen molar-refractivity contribution in [1.29, 1.82) is 0 Å². The number of hydrogen-bond donors (Lipinski definition) is 1. The summed E-state index contributed by atoms with van der Waals surface area (Å²) in [6, 6.07) is 19.9. The highest BCUT2D eigenvalue weighted by atomic mass is 32.2. The predicted molar refractivity (Wildman–Crippen MR) is 129 cm³/mol. The number of rotatable bonds is 5. The Morgan fingerprint density at radius 3 is 2.75 bits per heavy atom. The zero-order valence-corrected chi connectivity index (χ0v) is 18.9. The van der Waals surface area contributed by atoms with E-state index < -0.39 is 6.17 Å². The second kappa shape index (κ2) is 8.67. The van der Waals surface area contributed by atoms with E-state index >= 15 is 0 Å². The lowest BCUT2D eigenvalue weighted by atomic mass is 9.99. The van der Waals surface area contributed by atoms with Gasteiger partial charge in [0.1, 0.15) is 11.4 Å². The number of benzene rings is 3. The number of unbranched alkanes of at least 4 members (excludes halogenated alkanes) is 1. The van der Waals surface area contributed by atoms with Crippen LogP contribution in [0.5, 0.6) is 5.75 Å². The Morgan fingerprint density at radius 2 is 1.91 bits per heavy atom. The van der Waals surface area contributed by atoms with Crippen molar-refractivity contribution < 1.29 is 9.53 Å². The molecule has 0 saturated carbocycles. The van der Waals surface area contributed by atoms with Gasteiger partial charge >= 0.3 is 0 Å². The Kier molecular flexibility index (Phi) is 5.57. The third kappa shape index (κ3) is 3.52. The monoisotopic (exact) mass is 444 g/mol. The minimum Gasteiger partial charge on any atom is -0.496 e. The van der Waals surface area contributed by atoms with Gasteiger partial charge < -0.3 is 4.74 Å². The Hall–Kier alpha value is -3.32. The van der Waals surface area contributed by atoms with E-state index in [1.54, 1.807) is 23.9 Å². The molecule has 0 aliphatic carbocycles. The second-order valence-electron chi connectivity index (χ2n) is 7.68. The van der Waals surface area contributed by atoms with E-state index in [0.29, 0.717) is 10.9 Å². The van der Waals surface area contributed by atoms with Gasteiger partial charge in [-0.3, -0.25) is 15.1 Å². The fraction of sp³-hybridized carbons (Fsp3) is 0.240. The number of hydrogen-bond acceptors (Lipinski definition) is 6. The van der Waals surface area contributed by atoms with E-state index in [-0.39, 0.29) is 5.91 Å². The minimum absolute atomic E-state index is 0.162. The smallest absolute Gasteiger partial charge is 0.276 e. The van der Waals surface area contributed by atoms with Crippen LogP contribution in [0.1, 0.15) is 31.5 Å². The maximum Gasteiger partial charge on any atom is 0.276 e. The molecule has 3 aromatic carbocycles. The predicted octanol–water partition coefficient (Wildman–Crippen LogP) is 3.52. The minimum atomic E-state index is -0.520. The molecule has 2 aliphatic heterocycles. The summed E-state index contributed by atoms with van der Waals surface area (Å²) in [4.78, 5) is 18.3. The van der Waals surface area contributed by atoms with Crippen LogP contribution in [0.15, 0.2) is 70.8 Å². The van der Waals surface area contributed by atoms with E-state index in [2.05, 4.69) is 24.4 Å². The van der Waals surface area contributed by atoms with E-state index in [1.807, 2.05) is 48.5 Å². The quantitative estimate of drug-likeness (QED) is 0.612. The van der Waals surface area contributed by atoms with Gasteiger partial charge in [0.05, 0.1) is 12.5 Å². The molecule has 1 N–H and O–H groups in total. The fourth-order valence-corrected chi connectivity index (χ4v) is 5.05. The van der Waals surface area contributed by atoms with Gasteiger partial charge in [-0.1, -0.05) is 73.6 Å². The summed E-state index contributed by atoms with van der Waals surface area (Å²) in [5.41, 5.74) is 1.41. The summed E-state index contributed by atoms with van der Waals surface area (Å²) in [5, 5.41) is 13.9. The van der Waals surface area contributed by atoms with Crippen LogP contribution in [0, 0.1) is 0 Å². The topological polar surface area (TPSA) is 66.3 Å². The number of thioether (sulfide) groups is 1. The van der Waals surface area contributed by atoms with E-state index in [9.17, 15) is 4.79 Å². The Morgan fingerprint density at radius 1 is 1.09 bits per heavy atom. The molecule has 3 aromatic rings. The van der Waals surface area contributed by atoms with Gasteiger partial charge in [0.25, 0.3) is 5.91 Å². The van der Waals surface area contributed by atoms with Crippen molar-refractivity contribution in [2.24, 2.45) is 10.1 Å². The van der Waals surface area contributed by atoms with Gasteiger partial charge in [-0.25, -0.2) is 5.01 Å². The summed E-state index contributed by atoms with van der Waals surface area (Å²) in [5.74, 6) is 1.46. The Labute approximate surface area is 190 Å². The first kappa shape index (κ1) is 20.6. The average molecular weight is 445 g/mol. The maximum absolute atomic E-state index is 13.3. The zero-order chi connectivity index (χ0) is 22.1. The maximum atomic E-state index is 13.3. The molecule has 0 unspecified atom stereocenters. The molecular formula is C25H24N4O2S. The number of ether oxygens (including phenoxy) is 1. The zero-order valence-electron chi connectivity index (χ0n) is 18.0. The normalized spacial score (nSPS) is 17.2. The number of nitrogens with zero attached hydrogens (tertiary/aromatic N) is 3. The lowest BCUT2D eigenvalue weighted by molar-refractivity contribution is -0.116. The highest BCUT2D eigenvalue weighted by molar-refractivity contribution is 8.13. The number of para-hydroxylation sites is 1. The van der Waals surface area contributed by atoms with E-state index in [4.69, 9.17) is 14.8 Å². The number of amidine groups is 1. The number of carbonyl (C=O) groups excluding carboxylic acids is 1. The first-order valence-corrected chi connectivity index (χ1v) is 11.7. The lowest BCUT2D eigenvalue weighted by Gasteiger charge is -2.35. The Balaban J connectivity index is 1.75. The van der Waals surface area contributed by atoms with Crippen LogP contribution in [0.2, 0.25) is 0 Å². The van der Waals surface area contributed by atoms with Crippen molar-refractivity contribution in [3.63, 3.8) is 0 Å². The summed E-state index contributed by atoms with van der Waals surface area (Å²) >= 11 is 1.56. The van der Waals surface area contributed by atoms with Crippen LogP contribution >= 0.6 is 11.8 Å². The van der Waals surface area contributed by atoms with Crippen LogP contribution < -0.4 is 20.6 Å². The van der Waals surface area contributed by atoms with Gasteiger partial charge in [0.2, 0.25) is 0 Å². The van der Waals surface area contributed by atoms with Crippen LogP contribution in [0.4, 0.5) is 0 Å². The summed E-state index contributed by atoms with van der Waals surface area (Å²) in [6.45, 7) is 2.15. The third-order valence-electron chi connectivity index (χ3n) is 5.66. The summed E-state index contributed by atoms with van der Waals surface area (Å²) in [6.07, 6.45) is 1.63. The highest BCUT2D eigenvalue weighted by Gasteiger charge is 2.36. The van der Waals surface area contributed by atoms with Crippen molar-refractivity contribution in [2.45, 2.75) is 25.9 Å². The molecule has 0 bridgehead atoms. The van der Waals surface area contributed by atoms with Crippen molar-refractivity contribution >= 4 is 39.3 Å². The van der Waals surface area contributed by atoms with Gasteiger partial charge in [-0.05, 0) is 29.3 Å². The molecule has 0 radical (unpaired) electrons. The van der Waals surface area contributed by atoms with Gasteiger partial charge in [0, 0.05) is 16.5 Å². The second-order valence-corrected chi connectivity index (χ2v) is 8.76. The van der Waals surface area contributed by atoms with Crippen LogP contribution in [0.25, 0.3) is 16.5 Å². The van der Waals surface area contributed by atoms with Crippen molar-refractivity contribution in [3.05, 3.63) is 76.8 Å². The third-order valence-corrected chi connectivity index (χ3v) is 6.61. The van der Waals surface area contributed by atoms with Gasteiger partial charge in [-0.15, -0.1) is 5.10 Å². The number of carbonyl (C=O) groups is 1. The highest BCUT2D eigenvalue weighted by Crippen LogP contribution is 2.39. The lowest BCUT2D eigenvalue weighted by Crippen LogP contribution is -2.50. The molecule has 2 aliphatic rings. The number of hydrazone groups is 1. The van der Waals surface area contributed by atoms with Gasteiger partial charge in [-0.2, -0.15) is 0 Å². The number of amides is 1. The standard InChI is InChI=1S/C25H24N4O2S/c1-3-4-15-32-25-27-24(30)22-18-11-7-8-12-19(18)26-23(29(22)28-25)21-17-10-6-5-9-16(17)13-14-20(21)31-2/h5-14,23H,3-4,15H2,1-2H3,(H,27,28,30)/t23-/m0/s1. The van der Waals surface area contributed by atoms with Crippen molar-refractivity contribution in [1.82, 2.24) is 10.3 Å². The number of methoxy groups -OCH3 is 1. The SMILES string of the molecule is CCCCSC1=NN2C(=c3ccccc3=N[C@@H]2c2c(OC)ccc3ccccc23)C(=O)N1. The van der Waals surface area contributed by atoms with Crippen molar-refractivity contribution in [2.75, 3.05) is 12.9 Å². The number of fused-ring (bicyclic) bond motifs is 3. The molecule has 0 saturated heterocycles. The molecule has 0 aromatic heterocycles. The molecule has 5 rings (SSSR count). The van der Waals surface area contributed by atoms with Crippen LogP contribution in [0.3, 0.4) is 0 Å². The Bertz CT molecular complexity index is 1350. The molecular weight excluding hydrogens is 420 g/mol. The molecule has 0 fully saturated rings. The summed E-state index contributed by atoms with van der Waals surface area (Å²) in [7, 11) is 1.66. The molecule has 1 amide bonds. The average Bonchev–Trinajstić information content (AvgIpc) is 2.83. The van der Waals surface area contributed by atoms with Crippen LogP contribution in [-0.2, 0) is 4.79 Å². The molecule has 162 valence electrons. The molecule has 1 atom stereocenters. The van der Waals surface area contributed by atoms with E-state index in [1.165, 1.54) is 0 Å². The van der Waals surface area contributed by atoms with Gasteiger partial charge in [0.15, 0.2) is 11.3 Å². The molecule has 32 heavy (non-hydrogen) atoms. The molecule has 0 spiro atoms. The number of nitrogens with one attached hydrogen (secondary N) is 1.